The molecule has 5 nitrogen and oxygen atoms in total. The normalized spacial score (nSPS) is 22.8. The first kappa shape index (κ1) is 12.4. The summed E-state index contributed by atoms with van der Waals surface area (Å²) in [5, 5.41) is 3.20. The minimum absolute atomic E-state index is 0.0282. The van der Waals surface area contributed by atoms with Crippen LogP contribution in [0, 0.1) is 0 Å². The molecule has 0 aromatic rings. The van der Waals surface area contributed by atoms with Crippen molar-refractivity contribution in [2.45, 2.75) is 19.9 Å². The van der Waals surface area contributed by atoms with E-state index in [1.807, 2.05) is 6.92 Å². The van der Waals surface area contributed by atoms with Crippen molar-refractivity contribution in [2.24, 2.45) is 0 Å². The van der Waals surface area contributed by atoms with Crippen molar-refractivity contribution in [2.75, 3.05) is 31.1 Å². The number of piperazine rings is 1. The van der Waals surface area contributed by atoms with Crippen molar-refractivity contribution >= 4 is 15.7 Å². The number of nitrogens with one attached hydrogen (secondary N) is 1. The Morgan fingerprint density at radius 3 is 2.73 bits per heavy atom. The molecule has 1 saturated heterocycles. The predicted molar refractivity (Wildman–Crippen MR) is 58.4 cm³/mol. The monoisotopic (exact) mass is 234 g/mol. The van der Waals surface area contributed by atoms with E-state index in [9.17, 15) is 13.2 Å². The van der Waals surface area contributed by atoms with Gasteiger partial charge in [-0.2, -0.15) is 0 Å². The lowest BCUT2D eigenvalue weighted by molar-refractivity contribution is -0.129. The van der Waals surface area contributed by atoms with Gasteiger partial charge in [0, 0.05) is 31.4 Å². The highest BCUT2D eigenvalue weighted by molar-refractivity contribution is 7.92. The molecule has 1 aliphatic heterocycles. The minimum Gasteiger partial charge on any atom is -0.339 e. The topological polar surface area (TPSA) is 66.5 Å². The van der Waals surface area contributed by atoms with E-state index in [-0.39, 0.29) is 23.5 Å². The van der Waals surface area contributed by atoms with E-state index >= 15 is 0 Å². The van der Waals surface area contributed by atoms with Gasteiger partial charge in [0.15, 0.2) is 9.84 Å². The molecular formula is C9H18N2O3S. The highest BCUT2D eigenvalue weighted by Crippen LogP contribution is 2.01. The molecule has 1 fully saturated rings. The second kappa shape index (κ2) is 4.94. The lowest BCUT2D eigenvalue weighted by Crippen LogP contribution is -2.52. The van der Waals surface area contributed by atoms with E-state index in [0.29, 0.717) is 13.1 Å². The SMILES string of the molecule is CCS(=O)(=O)CC(=O)N1CCN[C@@H](C)C1. The molecule has 15 heavy (non-hydrogen) atoms. The van der Waals surface area contributed by atoms with Gasteiger partial charge in [-0.3, -0.25) is 4.79 Å². The molecule has 1 rings (SSSR count). The van der Waals surface area contributed by atoms with E-state index in [0.717, 1.165) is 6.54 Å². The van der Waals surface area contributed by atoms with Gasteiger partial charge in [-0.25, -0.2) is 8.42 Å². The van der Waals surface area contributed by atoms with E-state index in [2.05, 4.69) is 5.32 Å². The summed E-state index contributed by atoms with van der Waals surface area (Å²) in [5.74, 6) is -0.596. The lowest BCUT2D eigenvalue weighted by atomic mass is 10.2. The van der Waals surface area contributed by atoms with E-state index in [1.54, 1.807) is 11.8 Å². The van der Waals surface area contributed by atoms with E-state index in [4.69, 9.17) is 0 Å². The molecule has 1 aliphatic rings. The van der Waals surface area contributed by atoms with Crippen molar-refractivity contribution in [3.05, 3.63) is 0 Å². The van der Waals surface area contributed by atoms with Gasteiger partial charge in [0.05, 0.1) is 0 Å². The van der Waals surface area contributed by atoms with Gasteiger partial charge in [-0.05, 0) is 6.92 Å². The maximum atomic E-state index is 11.6. The second-order valence-electron chi connectivity index (χ2n) is 3.87. The predicted octanol–water partition coefficient (Wildman–Crippen LogP) is -0.759. The molecule has 0 unspecified atom stereocenters. The van der Waals surface area contributed by atoms with Crippen molar-refractivity contribution in [3.63, 3.8) is 0 Å². The maximum Gasteiger partial charge on any atom is 0.237 e. The molecule has 0 aromatic carbocycles. The van der Waals surface area contributed by atoms with Gasteiger partial charge < -0.3 is 10.2 Å². The third-order valence-corrected chi connectivity index (χ3v) is 4.07. The average Bonchev–Trinajstić information content (AvgIpc) is 2.17. The zero-order valence-corrected chi connectivity index (χ0v) is 10.0. The van der Waals surface area contributed by atoms with Crippen LogP contribution in [0.2, 0.25) is 0 Å². The van der Waals surface area contributed by atoms with Gasteiger partial charge >= 0.3 is 0 Å². The Bertz CT molecular complexity index is 326. The Morgan fingerprint density at radius 2 is 2.20 bits per heavy atom. The summed E-state index contributed by atoms with van der Waals surface area (Å²) in [5.41, 5.74) is 0. The number of hydrogen-bond donors (Lipinski definition) is 1. The first-order chi connectivity index (χ1) is 6.94. The molecule has 1 N–H and O–H groups in total. The van der Waals surface area contributed by atoms with Crippen LogP contribution in [0.3, 0.4) is 0 Å². The van der Waals surface area contributed by atoms with Crippen molar-refractivity contribution in [1.82, 2.24) is 10.2 Å². The Morgan fingerprint density at radius 1 is 1.53 bits per heavy atom. The fourth-order valence-electron chi connectivity index (χ4n) is 1.54. The summed E-state index contributed by atoms with van der Waals surface area (Å²) in [6.45, 7) is 5.47. The fourth-order valence-corrected chi connectivity index (χ4v) is 2.30. The van der Waals surface area contributed by atoms with Crippen LogP contribution in [-0.2, 0) is 14.6 Å². The van der Waals surface area contributed by atoms with Crippen LogP contribution >= 0.6 is 0 Å². The lowest BCUT2D eigenvalue weighted by Gasteiger charge is -2.31. The summed E-state index contributed by atoms with van der Waals surface area (Å²) in [4.78, 5) is 13.3. The van der Waals surface area contributed by atoms with Gasteiger partial charge in [-0.15, -0.1) is 0 Å². The molecule has 0 aromatic heterocycles. The van der Waals surface area contributed by atoms with Gasteiger partial charge in [0.1, 0.15) is 5.75 Å². The summed E-state index contributed by atoms with van der Waals surface area (Å²) in [6.07, 6.45) is 0. The van der Waals surface area contributed by atoms with Crippen LogP contribution in [0.15, 0.2) is 0 Å². The van der Waals surface area contributed by atoms with Crippen LogP contribution in [0.4, 0.5) is 0 Å². The molecule has 0 bridgehead atoms. The molecule has 0 aliphatic carbocycles. The third kappa shape index (κ3) is 3.79. The maximum absolute atomic E-state index is 11.6. The highest BCUT2D eigenvalue weighted by Gasteiger charge is 2.23. The zero-order valence-electron chi connectivity index (χ0n) is 9.19. The summed E-state index contributed by atoms with van der Waals surface area (Å²) < 4.78 is 22.5. The van der Waals surface area contributed by atoms with Crippen LogP contribution in [0.1, 0.15) is 13.8 Å². The van der Waals surface area contributed by atoms with Crippen molar-refractivity contribution in [3.8, 4) is 0 Å². The molecule has 88 valence electrons. The number of carbonyl (C=O) groups is 1. The number of nitrogens with zero attached hydrogens (tertiary/aromatic N) is 1. The molecular weight excluding hydrogens is 216 g/mol. The summed E-state index contributed by atoms with van der Waals surface area (Å²) in [7, 11) is -3.20. The van der Waals surface area contributed by atoms with Crippen LogP contribution in [0.25, 0.3) is 0 Å². The molecule has 1 heterocycles. The van der Waals surface area contributed by atoms with Crippen molar-refractivity contribution < 1.29 is 13.2 Å². The quantitative estimate of drug-likeness (QED) is 0.697. The zero-order chi connectivity index (χ0) is 11.5. The number of amides is 1. The molecule has 1 amide bonds. The third-order valence-electron chi connectivity index (χ3n) is 2.50. The van der Waals surface area contributed by atoms with Crippen LogP contribution in [0.5, 0.6) is 0 Å². The Balaban J connectivity index is 2.53. The second-order valence-corrected chi connectivity index (χ2v) is 6.22. The van der Waals surface area contributed by atoms with E-state index < -0.39 is 9.84 Å². The summed E-state index contributed by atoms with van der Waals surface area (Å²) in [6, 6.07) is 0.243. The molecule has 6 heteroatoms. The molecule has 1 atom stereocenters. The molecule has 0 saturated carbocycles. The van der Waals surface area contributed by atoms with E-state index in [1.165, 1.54) is 0 Å². The van der Waals surface area contributed by atoms with Crippen LogP contribution < -0.4 is 5.32 Å². The summed E-state index contributed by atoms with van der Waals surface area (Å²) >= 11 is 0. The van der Waals surface area contributed by atoms with Crippen molar-refractivity contribution in [1.29, 1.82) is 0 Å². The smallest absolute Gasteiger partial charge is 0.237 e. The van der Waals surface area contributed by atoms with Gasteiger partial charge in [0.2, 0.25) is 5.91 Å². The molecule has 0 spiro atoms. The Kier molecular flexibility index (Phi) is 4.10. The molecule has 0 radical (unpaired) electrons. The number of rotatable bonds is 3. The highest BCUT2D eigenvalue weighted by atomic mass is 32.2. The Labute approximate surface area is 90.7 Å². The average molecular weight is 234 g/mol. The van der Waals surface area contributed by atoms with Crippen LogP contribution in [-0.4, -0.2) is 56.4 Å². The number of carbonyl (C=O) groups excluding carboxylic acids is 1. The first-order valence-corrected chi connectivity index (χ1v) is 6.98. The van der Waals surface area contributed by atoms with Gasteiger partial charge in [-0.1, -0.05) is 6.92 Å². The standard InChI is InChI=1S/C9H18N2O3S/c1-3-15(13,14)7-9(12)11-5-4-10-8(2)6-11/h8,10H,3-7H2,1-2H3/t8-/m0/s1. The number of hydrogen-bond acceptors (Lipinski definition) is 4. The minimum atomic E-state index is -3.20. The Hall–Kier alpha value is -0.620. The first-order valence-electron chi connectivity index (χ1n) is 5.16. The largest absolute Gasteiger partial charge is 0.339 e. The number of sulfone groups is 1. The van der Waals surface area contributed by atoms with Gasteiger partial charge in [0.25, 0.3) is 0 Å². The fraction of sp³-hybridized carbons (Fsp3) is 0.889.